The van der Waals surface area contributed by atoms with Gasteiger partial charge in [0.25, 0.3) is 5.91 Å². The van der Waals surface area contributed by atoms with Crippen molar-refractivity contribution in [2.75, 3.05) is 26.8 Å². The van der Waals surface area contributed by atoms with Crippen LogP contribution in [-0.4, -0.2) is 48.7 Å². The fourth-order valence-corrected chi connectivity index (χ4v) is 3.49. The van der Waals surface area contributed by atoms with Crippen LogP contribution >= 0.6 is 0 Å². The van der Waals surface area contributed by atoms with Gasteiger partial charge in [-0.05, 0) is 50.8 Å². The Labute approximate surface area is 176 Å². The number of aryl methyl sites for hydroxylation is 2. The van der Waals surface area contributed by atoms with E-state index >= 15 is 0 Å². The van der Waals surface area contributed by atoms with Crippen molar-refractivity contribution in [3.05, 3.63) is 40.8 Å². The molecule has 2 heterocycles. The van der Waals surface area contributed by atoms with Crippen LogP contribution in [-0.2, 0) is 16.1 Å². The number of nitrogens with zero attached hydrogens (tertiary/aromatic N) is 2. The quantitative estimate of drug-likeness (QED) is 0.640. The standard InChI is InChI=1S/C22H28N2O6/c1-14-6-5-9-24(11-14)21(25)13-29-22(26)17-7-8-19(20(10-17)27-4)28-12-18-15(2)23-30-16(18)3/h7-8,10,14H,5-6,9,11-13H2,1-4H3. The zero-order chi connectivity index (χ0) is 21.7. The molecule has 1 fully saturated rings. The van der Waals surface area contributed by atoms with E-state index in [1.165, 1.54) is 7.11 Å². The van der Waals surface area contributed by atoms with Crippen molar-refractivity contribution in [3.8, 4) is 11.5 Å². The molecule has 0 bridgehead atoms. The molecule has 0 radical (unpaired) electrons. The molecule has 1 aliphatic heterocycles. The van der Waals surface area contributed by atoms with Gasteiger partial charge < -0.3 is 23.6 Å². The zero-order valence-electron chi connectivity index (χ0n) is 17.9. The molecule has 3 rings (SSSR count). The van der Waals surface area contributed by atoms with E-state index in [0.29, 0.717) is 36.3 Å². The first-order valence-corrected chi connectivity index (χ1v) is 10.1. The number of benzene rings is 1. The highest BCUT2D eigenvalue weighted by Crippen LogP contribution is 2.30. The van der Waals surface area contributed by atoms with Crippen molar-refractivity contribution in [3.63, 3.8) is 0 Å². The molecule has 2 aromatic rings. The first-order valence-electron chi connectivity index (χ1n) is 10.1. The number of hydrogen-bond acceptors (Lipinski definition) is 7. The third kappa shape index (κ3) is 5.11. The van der Waals surface area contributed by atoms with Gasteiger partial charge in [-0.3, -0.25) is 4.79 Å². The Morgan fingerprint density at radius 2 is 2.07 bits per heavy atom. The summed E-state index contributed by atoms with van der Waals surface area (Å²) in [7, 11) is 1.49. The molecule has 1 aromatic heterocycles. The predicted molar refractivity (Wildman–Crippen MR) is 109 cm³/mol. The summed E-state index contributed by atoms with van der Waals surface area (Å²) in [5, 5.41) is 3.90. The minimum Gasteiger partial charge on any atom is -0.493 e. The first-order chi connectivity index (χ1) is 14.4. The maximum absolute atomic E-state index is 12.4. The van der Waals surface area contributed by atoms with E-state index in [9.17, 15) is 9.59 Å². The van der Waals surface area contributed by atoms with E-state index in [1.54, 1.807) is 23.1 Å². The summed E-state index contributed by atoms with van der Waals surface area (Å²) in [6.45, 7) is 7.21. The Hall–Kier alpha value is -3.03. The van der Waals surface area contributed by atoms with Crippen LogP contribution in [0.4, 0.5) is 0 Å². The predicted octanol–water partition coefficient (Wildman–Crippen LogP) is 3.29. The van der Waals surface area contributed by atoms with Crippen LogP contribution in [0.15, 0.2) is 22.7 Å². The Balaban J connectivity index is 1.59. The fourth-order valence-electron chi connectivity index (χ4n) is 3.49. The molecule has 0 saturated carbocycles. The highest BCUT2D eigenvalue weighted by atomic mass is 16.5. The first kappa shape index (κ1) is 21.7. The van der Waals surface area contributed by atoms with Gasteiger partial charge in [-0.1, -0.05) is 12.1 Å². The van der Waals surface area contributed by atoms with Crippen molar-refractivity contribution >= 4 is 11.9 Å². The van der Waals surface area contributed by atoms with Gasteiger partial charge >= 0.3 is 5.97 Å². The van der Waals surface area contributed by atoms with Gasteiger partial charge in [0.2, 0.25) is 0 Å². The van der Waals surface area contributed by atoms with Crippen LogP contribution in [0.5, 0.6) is 11.5 Å². The lowest BCUT2D eigenvalue weighted by atomic mass is 10.0. The number of methoxy groups -OCH3 is 1. The molecule has 1 saturated heterocycles. The Kier molecular flexibility index (Phi) is 6.97. The van der Waals surface area contributed by atoms with E-state index in [2.05, 4.69) is 12.1 Å². The smallest absolute Gasteiger partial charge is 0.338 e. The van der Waals surface area contributed by atoms with E-state index in [1.807, 2.05) is 13.8 Å². The average Bonchev–Trinajstić information content (AvgIpc) is 3.07. The molecule has 30 heavy (non-hydrogen) atoms. The van der Waals surface area contributed by atoms with E-state index in [4.69, 9.17) is 18.7 Å². The minimum absolute atomic E-state index is 0.165. The monoisotopic (exact) mass is 416 g/mol. The molecule has 0 aliphatic carbocycles. The van der Waals surface area contributed by atoms with Crippen LogP contribution in [0.2, 0.25) is 0 Å². The third-order valence-electron chi connectivity index (χ3n) is 5.29. The number of piperidine rings is 1. The molecule has 1 amide bonds. The molecule has 1 atom stereocenters. The van der Waals surface area contributed by atoms with Gasteiger partial charge in [0.1, 0.15) is 12.4 Å². The highest BCUT2D eigenvalue weighted by Gasteiger charge is 2.22. The van der Waals surface area contributed by atoms with E-state index in [-0.39, 0.29) is 24.7 Å². The number of ether oxygens (including phenoxy) is 3. The summed E-state index contributed by atoms with van der Waals surface area (Å²) in [5.41, 5.74) is 1.92. The Morgan fingerprint density at radius 1 is 1.27 bits per heavy atom. The molecule has 8 nitrogen and oxygen atoms in total. The maximum atomic E-state index is 12.4. The molecule has 1 unspecified atom stereocenters. The van der Waals surface area contributed by atoms with Crippen LogP contribution in [0.3, 0.4) is 0 Å². The number of rotatable bonds is 7. The van der Waals surface area contributed by atoms with Gasteiger partial charge in [0.15, 0.2) is 18.1 Å². The number of carbonyl (C=O) groups is 2. The molecule has 1 aliphatic rings. The molecular formula is C22H28N2O6. The summed E-state index contributed by atoms with van der Waals surface area (Å²) >= 11 is 0. The minimum atomic E-state index is -0.580. The van der Waals surface area contributed by atoms with Crippen LogP contribution in [0.25, 0.3) is 0 Å². The topological polar surface area (TPSA) is 91.1 Å². The lowest BCUT2D eigenvalue weighted by molar-refractivity contribution is -0.136. The van der Waals surface area contributed by atoms with Crippen LogP contribution in [0.1, 0.15) is 47.1 Å². The fraction of sp³-hybridized carbons (Fsp3) is 0.500. The van der Waals surface area contributed by atoms with Crippen molar-refractivity contribution in [1.82, 2.24) is 10.1 Å². The summed E-state index contributed by atoms with van der Waals surface area (Å²) < 4.78 is 21.5. The SMILES string of the molecule is COc1cc(C(=O)OCC(=O)N2CCCC(C)C2)ccc1OCc1c(C)noc1C. The van der Waals surface area contributed by atoms with Gasteiger partial charge in [-0.2, -0.15) is 0 Å². The second-order valence-corrected chi connectivity index (χ2v) is 7.62. The second-order valence-electron chi connectivity index (χ2n) is 7.62. The number of esters is 1. The number of aromatic nitrogens is 1. The molecule has 0 spiro atoms. The lowest BCUT2D eigenvalue weighted by Gasteiger charge is -2.30. The van der Waals surface area contributed by atoms with Crippen molar-refractivity contribution in [2.45, 2.75) is 40.2 Å². The van der Waals surface area contributed by atoms with Crippen molar-refractivity contribution in [1.29, 1.82) is 0 Å². The highest BCUT2D eigenvalue weighted by molar-refractivity contribution is 5.92. The van der Waals surface area contributed by atoms with Gasteiger partial charge in [0.05, 0.1) is 23.9 Å². The number of hydrogen-bond donors (Lipinski definition) is 0. The van der Waals surface area contributed by atoms with Crippen molar-refractivity contribution < 1.29 is 28.3 Å². The van der Waals surface area contributed by atoms with Gasteiger partial charge in [-0.25, -0.2) is 4.79 Å². The summed E-state index contributed by atoms with van der Waals surface area (Å²) in [5.74, 6) is 1.30. The summed E-state index contributed by atoms with van der Waals surface area (Å²) in [4.78, 5) is 26.5. The van der Waals surface area contributed by atoms with Crippen LogP contribution < -0.4 is 9.47 Å². The average molecular weight is 416 g/mol. The lowest BCUT2D eigenvalue weighted by Crippen LogP contribution is -2.41. The number of amides is 1. The molecule has 0 N–H and O–H groups in total. The number of carbonyl (C=O) groups excluding carboxylic acids is 2. The van der Waals surface area contributed by atoms with E-state index in [0.717, 1.165) is 24.1 Å². The van der Waals surface area contributed by atoms with Gasteiger partial charge in [-0.15, -0.1) is 0 Å². The summed E-state index contributed by atoms with van der Waals surface area (Å²) in [6.07, 6.45) is 2.10. The number of likely N-dealkylation sites (tertiary alicyclic amines) is 1. The van der Waals surface area contributed by atoms with Crippen LogP contribution in [0, 0.1) is 19.8 Å². The summed E-state index contributed by atoms with van der Waals surface area (Å²) in [6, 6.07) is 4.77. The van der Waals surface area contributed by atoms with E-state index < -0.39 is 5.97 Å². The normalized spacial score (nSPS) is 16.3. The second kappa shape index (κ2) is 9.65. The Bertz CT molecular complexity index is 888. The molecule has 1 aromatic carbocycles. The maximum Gasteiger partial charge on any atom is 0.338 e. The third-order valence-corrected chi connectivity index (χ3v) is 5.29. The largest absolute Gasteiger partial charge is 0.493 e. The molecule has 162 valence electrons. The molecule has 8 heteroatoms. The Morgan fingerprint density at radius 3 is 2.73 bits per heavy atom. The van der Waals surface area contributed by atoms with Gasteiger partial charge in [0, 0.05) is 13.1 Å². The van der Waals surface area contributed by atoms with Crippen molar-refractivity contribution in [2.24, 2.45) is 5.92 Å². The molecular weight excluding hydrogens is 388 g/mol. The zero-order valence-corrected chi connectivity index (χ0v) is 17.9.